The molecule has 1 unspecified atom stereocenters. The van der Waals surface area contributed by atoms with Crippen LogP contribution in [0, 0.1) is 13.8 Å². The average Bonchev–Trinajstić information content (AvgIpc) is 3.34. The van der Waals surface area contributed by atoms with Crippen LogP contribution in [0.4, 0.5) is 0 Å². The van der Waals surface area contributed by atoms with Gasteiger partial charge >= 0.3 is 0 Å². The number of pyridine rings is 1. The third-order valence-electron chi connectivity index (χ3n) is 6.53. The summed E-state index contributed by atoms with van der Waals surface area (Å²) in [7, 11) is 4.06. The number of hydrogen-bond donors (Lipinski definition) is 0. The van der Waals surface area contributed by atoms with E-state index in [1.54, 1.807) is 16.8 Å². The van der Waals surface area contributed by atoms with Crippen molar-refractivity contribution in [2.24, 2.45) is 0 Å². The molecule has 0 N–H and O–H groups in total. The first-order valence-electron chi connectivity index (χ1n) is 10.7. The van der Waals surface area contributed by atoms with E-state index in [1.165, 1.54) is 12.8 Å². The zero-order chi connectivity index (χ0) is 21.4. The number of amides is 1. The molecule has 2 aliphatic rings. The number of halogens is 1. The standard InChI is InChI=1S/C22H31ClN6O/c1-15-13-16(2)29(25-15)20-6-5-19(23)21(24-20)22(30)27(4)18-9-12-28(14-18)17-7-10-26(3)11-8-17/h5-6,13,17-18H,7-12,14H2,1-4H3. The van der Waals surface area contributed by atoms with Crippen LogP contribution >= 0.6 is 11.6 Å². The molecule has 2 aliphatic heterocycles. The quantitative estimate of drug-likeness (QED) is 0.746. The number of aryl methyl sites for hydroxylation is 2. The van der Waals surface area contributed by atoms with Crippen LogP contribution in [0.15, 0.2) is 18.2 Å². The molecular weight excluding hydrogens is 400 g/mol. The molecule has 30 heavy (non-hydrogen) atoms. The number of likely N-dealkylation sites (N-methyl/N-ethyl adjacent to an activating group) is 1. The molecule has 2 saturated heterocycles. The Morgan fingerprint density at radius 2 is 1.90 bits per heavy atom. The smallest absolute Gasteiger partial charge is 0.274 e. The summed E-state index contributed by atoms with van der Waals surface area (Å²) >= 11 is 6.38. The summed E-state index contributed by atoms with van der Waals surface area (Å²) in [6.45, 7) is 8.18. The number of hydrogen-bond acceptors (Lipinski definition) is 5. The summed E-state index contributed by atoms with van der Waals surface area (Å²) in [4.78, 5) is 24.6. The Morgan fingerprint density at radius 3 is 2.57 bits per heavy atom. The maximum atomic E-state index is 13.3. The first-order chi connectivity index (χ1) is 14.3. The Morgan fingerprint density at radius 1 is 1.17 bits per heavy atom. The summed E-state index contributed by atoms with van der Waals surface area (Å²) in [5, 5.41) is 4.85. The summed E-state index contributed by atoms with van der Waals surface area (Å²) in [5.41, 5.74) is 2.18. The van der Waals surface area contributed by atoms with Gasteiger partial charge in [-0.05, 0) is 71.4 Å². The molecule has 4 rings (SSSR count). The maximum absolute atomic E-state index is 13.3. The van der Waals surface area contributed by atoms with Crippen molar-refractivity contribution in [2.75, 3.05) is 40.3 Å². The molecule has 0 aromatic carbocycles. The highest BCUT2D eigenvalue weighted by Crippen LogP contribution is 2.25. The lowest BCUT2D eigenvalue weighted by atomic mass is 10.0. The van der Waals surface area contributed by atoms with Crippen LogP contribution in [0.1, 0.15) is 41.1 Å². The van der Waals surface area contributed by atoms with Crippen molar-refractivity contribution in [1.82, 2.24) is 29.5 Å². The SMILES string of the molecule is Cc1cc(C)n(-c2ccc(Cl)c(C(=O)N(C)C3CCN(C4CCN(C)CC4)C3)n2)n1. The molecule has 0 radical (unpaired) electrons. The molecular formula is C22H31ClN6O. The lowest BCUT2D eigenvalue weighted by Gasteiger charge is -2.35. The van der Waals surface area contributed by atoms with Crippen molar-refractivity contribution in [2.45, 2.75) is 45.2 Å². The van der Waals surface area contributed by atoms with Crippen molar-refractivity contribution in [1.29, 1.82) is 0 Å². The van der Waals surface area contributed by atoms with Crippen molar-refractivity contribution < 1.29 is 4.79 Å². The number of nitrogens with zero attached hydrogens (tertiary/aromatic N) is 6. The molecule has 2 aromatic rings. The van der Waals surface area contributed by atoms with Crippen molar-refractivity contribution in [3.63, 3.8) is 0 Å². The zero-order valence-electron chi connectivity index (χ0n) is 18.3. The summed E-state index contributed by atoms with van der Waals surface area (Å²) in [6.07, 6.45) is 3.40. The first-order valence-corrected chi connectivity index (χ1v) is 11.1. The predicted molar refractivity (Wildman–Crippen MR) is 118 cm³/mol. The topological polar surface area (TPSA) is 57.5 Å². The Hall–Kier alpha value is -1.96. The molecule has 8 heteroatoms. The largest absolute Gasteiger partial charge is 0.336 e. The van der Waals surface area contributed by atoms with Gasteiger partial charge in [-0.2, -0.15) is 5.10 Å². The fraction of sp³-hybridized carbons (Fsp3) is 0.591. The first kappa shape index (κ1) is 21.3. The van der Waals surface area contributed by atoms with Crippen LogP contribution < -0.4 is 0 Å². The van der Waals surface area contributed by atoms with Crippen LogP contribution in [0.5, 0.6) is 0 Å². The summed E-state index contributed by atoms with van der Waals surface area (Å²) in [5.74, 6) is 0.486. The van der Waals surface area contributed by atoms with Crippen LogP contribution in [0.3, 0.4) is 0 Å². The van der Waals surface area contributed by atoms with Gasteiger partial charge in [0, 0.05) is 37.9 Å². The minimum atomic E-state index is -0.126. The van der Waals surface area contributed by atoms with E-state index < -0.39 is 0 Å². The third kappa shape index (κ3) is 4.24. The fourth-order valence-electron chi connectivity index (χ4n) is 4.67. The highest BCUT2D eigenvalue weighted by atomic mass is 35.5. The van der Waals surface area contributed by atoms with Gasteiger partial charge in [0.15, 0.2) is 5.82 Å². The van der Waals surface area contributed by atoms with E-state index in [2.05, 4.69) is 26.9 Å². The van der Waals surface area contributed by atoms with Gasteiger partial charge in [0.05, 0.1) is 10.7 Å². The number of carbonyl (C=O) groups is 1. The Bertz CT molecular complexity index is 920. The van der Waals surface area contributed by atoms with Crippen LogP contribution in [-0.2, 0) is 0 Å². The molecule has 4 heterocycles. The van der Waals surface area contributed by atoms with Gasteiger partial charge in [0.25, 0.3) is 5.91 Å². The molecule has 162 valence electrons. The molecule has 0 spiro atoms. The molecule has 2 aromatic heterocycles. The van der Waals surface area contributed by atoms with Crippen LogP contribution in [0.2, 0.25) is 5.02 Å². The highest BCUT2D eigenvalue weighted by molar-refractivity contribution is 6.33. The minimum Gasteiger partial charge on any atom is -0.336 e. The summed E-state index contributed by atoms with van der Waals surface area (Å²) < 4.78 is 1.75. The average molecular weight is 431 g/mol. The number of carbonyl (C=O) groups excluding carboxylic acids is 1. The second kappa shape index (κ2) is 8.65. The van der Waals surface area contributed by atoms with Crippen molar-refractivity contribution in [3.05, 3.63) is 40.3 Å². The fourth-order valence-corrected chi connectivity index (χ4v) is 4.86. The van der Waals surface area contributed by atoms with Crippen LogP contribution in [0.25, 0.3) is 5.82 Å². The van der Waals surface area contributed by atoms with Crippen molar-refractivity contribution in [3.8, 4) is 5.82 Å². The molecule has 7 nitrogen and oxygen atoms in total. The van der Waals surface area contributed by atoms with E-state index in [4.69, 9.17) is 11.6 Å². The predicted octanol–water partition coefficient (Wildman–Crippen LogP) is 2.78. The van der Waals surface area contributed by atoms with Gasteiger partial charge in [-0.15, -0.1) is 0 Å². The normalized spacial score (nSPS) is 21.3. The minimum absolute atomic E-state index is 0.126. The lowest BCUT2D eigenvalue weighted by molar-refractivity contribution is 0.0715. The van der Waals surface area contributed by atoms with Gasteiger partial charge in [0.1, 0.15) is 5.69 Å². The number of piperidine rings is 1. The Kier molecular flexibility index (Phi) is 6.14. The molecule has 0 bridgehead atoms. The third-order valence-corrected chi connectivity index (χ3v) is 6.83. The van der Waals surface area contributed by atoms with Gasteiger partial charge in [-0.25, -0.2) is 9.67 Å². The van der Waals surface area contributed by atoms with Gasteiger partial charge in [-0.1, -0.05) is 11.6 Å². The molecule has 0 saturated carbocycles. The Balaban J connectivity index is 1.48. The van der Waals surface area contributed by atoms with E-state index in [1.807, 2.05) is 31.9 Å². The number of likely N-dealkylation sites (tertiary alicyclic amines) is 2. The highest BCUT2D eigenvalue weighted by Gasteiger charge is 2.34. The second-order valence-corrected chi connectivity index (χ2v) is 9.13. The van der Waals surface area contributed by atoms with E-state index in [-0.39, 0.29) is 11.9 Å². The van der Waals surface area contributed by atoms with Crippen molar-refractivity contribution >= 4 is 17.5 Å². The number of rotatable bonds is 4. The molecule has 1 atom stereocenters. The lowest BCUT2D eigenvalue weighted by Crippen LogP contribution is -2.45. The molecule has 1 amide bonds. The van der Waals surface area contributed by atoms with E-state index in [9.17, 15) is 4.79 Å². The Labute approximate surface area is 183 Å². The summed E-state index contributed by atoms with van der Waals surface area (Å²) in [6, 6.07) is 6.34. The van der Waals surface area contributed by atoms with E-state index >= 15 is 0 Å². The number of aromatic nitrogens is 3. The van der Waals surface area contributed by atoms with Gasteiger partial charge in [0.2, 0.25) is 0 Å². The maximum Gasteiger partial charge on any atom is 0.274 e. The zero-order valence-corrected chi connectivity index (χ0v) is 19.1. The van der Waals surface area contributed by atoms with Gasteiger partial charge < -0.3 is 9.80 Å². The van der Waals surface area contributed by atoms with E-state index in [0.29, 0.717) is 22.6 Å². The monoisotopic (exact) mass is 430 g/mol. The second-order valence-electron chi connectivity index (χ2n) is 8.73. The van der Waals surface area contributed by atoms with Gasteiger partial charge in [-0.3, -0.25) is 9.69 Å². The molecule has 2 fully saturated rings. The molecule has 0 aliphatic carbocycles. The van der Waals surface area contributed by atoms with E-state index in [0.717, 1.165) is 44.0 Å². The van der Waals surface area contributed by atoms with Crippen LogP contribution in [-0.4, -0.2) is 87.7 Å².